The Kier molecular flexibility index (Phi) is 3.77. The molecule has 5 aromatic rings. The minimum Gasteiger partial charge on any atom is -0.450 e. The van der Waals surface area contributed by atoms with Gasteiger partial charge in [-0.3, -0.25) is 0 Å². The van der Waals surface area contributed by atoms with Crippen molar-refractivity contribution in [3.05, 3.63) is 83.9 Å². The third-order valence-corrected chi connectivity index (χ3v) is 4.61. The molecule has 0 aliphatic rings. The van der Waals surface area contributed by atoms with Crippen LogP contribution in [0.5, 0.6) is 0 Å². The topological polar surface area (TPSA) is 51.0 Å². The van der Waals surface area contributed by atoms with Crippen molar-refractivity contribution < 1.29 is 4.42 Å². The summed E-state index contributed by atoms with van der Waals surface area (Å²) in [6, 6.07) is 25.3. The highest BCUT2D eigenvalue weighted by Gasteiger charge is 2.16. The Morgan fingerprint density at radius 3 is 2.33 bits per heavy atom. The molecule has 3 aromatic carbocycles. The van der Waals surface area contributed by atoms with Crippen LogP contribution >= 0.6 is 11.6 Å². The Hall–Kier alpha value is -3.37. The molecule has 0 aliphatic heterocycles. The lowest BCUT2D eigenvalue weighted by Gasteiger charge is -2.08. The zero-order chi connectivity index (χ0) is 18.2. The van der Waals surface area contributed by atoms with E-state index < -0.39 is 0 Å². The first kappa shape index (κ1) is 15.9. The quantitative estimate of drug-likeness (QED) is 0.396. The summed E-state index contributed by atoms with van der Waals surface area (Å²) < 4.78 is 6.06. The van der Waals surface area contributed by atoms with E-state index in [4.69, 9.17) is 26.0 Å². The lowest BCUT2D eigenvalue weighted by molar-refractivity contribution is 0.667. The first-order valence-electron chi connectivity index (χ1n) is 8.55. The van der Waals surface area contributed by atoms with Gasteiger partial charge >= 0.3 is 0 Å². The number of rotatable bonds is 3. The average molecular weight is 372 g/mol. The summed E-state index contributed by atoms with van der Waals surface area (Å²) in [5, 5.41) is 4.99. The van der Waals surface area contributed by atoms with E-state index in [9.17, 15) is 0 Å². The number of anilines is 2. The van der Waals surface area contributed by atoms with E-state index in [2.05, 4.69) is 5.32 Å². The molecule has 0 atom stereocenters. The molecule has 0 bridgehead atoms. The summed E-state index contributed by atoms with van der Waals surface area (Å²) in [6.07, 6.45) is 0. The third kappa shape index (κ3) is 2.90. The van der Waals surface area contributed by atoms with Gasteiger partial charge in [0.2, 0.25) is 0 Å². The second kappa shape index (κ2) is 6.41. The normalized spacial score (nSPS) is 11.1. The van der Waals surface area contributed by atoms with Gasteiger partial charge in [0.25, 0.3) is 0 Å². The van der Waals surface area contributed by atoms with Crippen molar-refractivity contribution in [1.82, 2.24) is 9.97 Å². The van der Waals surface area contributed by atoms with Crippen LogP contribution in [0.3, 0.4) is 0 Å². The summed E-state index contributed by atoms with van der Waals surface area (Å²) in [4.78, 5) is 9.52. The Bertz CT molecular complexity index is 1250. The van der Waals surface area contributed by atoms with Gasteiger partial charge in [-0.2, -0.15) is 0 Å². The van der Waals surface area contributed by atoms with Crippen LogP contribution in [0.2, 0.25) is 5.02 Å². The molecule has 5 rings (SSSR count). The molecule has 0 saturated carbocycles. The number of hydrogen-bond donors (Lipinski definition) is 1. The number of halogens is 1. The van der Waals surface area contributed by atoms with E-state index in [0.717, 1.165) is 27.7 Å². The molecule has 2 aromatic heterocycles. The zero-order valence-electron chi connectivity index (χ0n) is 14.2. The highest BCUT2D eigenvalue weighted by molar-refractivity contribution is 6.30. The molecular formula is C22H14ClN3O. The van der Waals surface area contributed by atoms with Crippen LogP contribution in [0.4, 0.5) is 11.5 Å². The number of nitrogens with one attached hydrogen (secondary N) is 1. The third-order valence-electron chi connectivity index (χ3n) is 4.36. The van der Waals surface area contributed by atoms with Gasteiger partial charge in [0.05, 0.1) is 0 Å². The van der Waals surface area contributed by atoms with Crippen LogP contribution in [0.1, 0.15) is 0 Å². The molecule has 0 radical (unpaired) electrons. The first-order valence-corrected chi connectivity index (χ1v) is 8.93. The van der Waals surface area contributed by atoms with Crippen molar-refractivity contribution in [3.8, 4) is 11.4 Å². The lowest BCUT2D eigenvalue weighted by atomic mass is 10.2. The number of hydrogen-bond acceptors (Lipinski definition) is 4. The molecule has 0 unspecified atom stereocenters. The van der Waals surface area contributed by atoms with E-state index in [1.165, 1.54) is 0 Å². The Morgan fingerprint density at radius 2 is 1.52 bits per heavy atom. The van der Waals surface area contributed by atoms with Gasteiger partial charge in [0.1, 0.15) is 11.1 Å². The molecule has 4 nitrogen and oxygen atoms in total. The van der Waals surface area contributed by atoms with Gasteiger partial charge in [-0.1, -0.05) is 54.1 Å². The number of para-hydroxylation sites is 1. The predicted octanol–water partition coefficient (Wildman–Crippen LogP) is 6.44. The van der Waals surface area contributed by atoms with Gasteiger partial charge in [-0.15, -0.1) is 0 Å². The SMILES string of the molecule is Clc1ccc(Nc2nc(-c3ccccc3)nc3c2oc2ccccc23)cc1. The predicted molar refractivity (Wildman–Crippen MR) is 109 cm³/mol. The maximum absolute atomic E-state index is 6.06. The van der Waals surface area contributed by atoms with Crippen molar-refractivity contribution in [2.24, 2.45) is 0 Å². The average Bonchev–Trinajstić information content (AvgIpc) is 3.09. The highest BCUT2D eigenvalue weighted by Crippen LogP contribution is 2.34. The molecule has 0 aliphatic carbocycles. The molecule has 0 amide bonds. The monoisotopic (exact) mass is 371 g/mol. The van der Waals surface area contributed by atoms with Crippen molar-refractivity contribution in [2.45, 2.75) is 0 Å². The Labute approximate surface area is 160 Å². The minimum absolute atomic E-state index is 0.623. The molecule has 27 heavy (non-hydrogen) atoms. The van der Waals surface area contributed by atoms with Crippen LogP contribution in [0.25, 0.3) is 33.5 Å². The standard InChI is InChI=1S/C22H14ClN3O/c23-15-10-12-16(13-11-15)24-22-20-19(17-8-4-5-9-18(17)27-20)25-21(26-22)14-6-2-1-3-7-14/h1-13H,(H,24,25,26). The van der Waals surface area contributed by atoms with Crippen LogP contribution in [-0.2, 0) is 0 Å². The fourth-order valence-electron chi connectivity index (χ4n) is 3.06. The van der Waals surface area contributed by atoms with Crippen LogP contribution in [-0.4, -0.2) is 9.97 Å². The molecule has 130 valence electrons. The lowest BCUT2D eigenvalue weighted by Crippen LogP contribution is -1.98. The molecule has 0 saturated heterocycles. The van der Waals surface area contributed by atoms with Crippen molar-refractivity contribution in [2.75, 3.05) is 5.32 Å². The van der Waals surface area contributed by atoms with Crippen LogP contribution in [0.15, 0.2) is 83.3 Å². The van der Waals surface area contributed by atoms with Crippen molar-refractivity contribution >= 4 is 45.2 Å². The van der Waals surface area contributed by atoms with Crippen molar-refractivity contribution in [1.29, 1.82) is 0 Å². The van der Waals surface area contributed by atoms with E-state index in [-0.39, 0.29) is 0 Å². The number of aromatic nitrogens is 2. The molecule has 0 fully saturated rings. The molecule has 2 heterocycles. The summed E-state index contributed by atoms with van der Waals surface area (Å²) >= 11 is 6.00. The second-order valence-corrected chi connectivity index (χ2v) is 6.61. The first-order chi connectivity index (χ1) is 13.3. The summed E-state index contributed by atoms with van der Waals surface area (Å²) in [5.74, 6) is 1.27. The van der Waals surface area contributed by atoms with Gasteiger partial charge < -0.3 is 9.73 Å². The number of benzene rings is 3. The van der Waals surface area contributed by atoms with E-state index in [0.29, 0.717) is 22.2 Å². The highest BCUT2D eigenvalue weighted by atomic mass is 35.5. The van der Waals surface area contributed by atoms with Gasteiger partial charge in [0, 0.05) is 21.7 Å². The van der Waals surface area contributed by atoms with Gasteiger partial charge in [0.15, 0.2) is 17.2 Å². The Balaban J connectivity index is 1.75. The smallest absolute Gasteiger partial charge is 0.196 e. The van der Waals surface area contributed by atoms with Gasteiger partial charge in [-0.05, 0) is 36.4 Å². The number of fused-ring (bicyclic) bond motifs is 3. The summed E-state index contributed by atoms with van der Waals surface area (Å²) in [7, 11) is 0. The molecule has 5 heteroatoms. The van der Waals surface area contributed by atoms with Crippen molar-refractivity contribution in [3.63, 3.8) is 0 Å². The van der Waals surface area contributed by atoms with Crippen LogP contribution in [0, 0.1) is 0 Å². The van der Waals surface area contributed by atoms with E-state index in [1.54, 1.807) is 0 Å². The fraction of sp³-hybridized carbons (Fsp3) is 0. The molecule has 0 spiro atoms. The summed E-state index contributed by atoms with van der Waals surface area (Å²) in [6.45, 7) is 0. The number of nitrogens with zero attached hydrogens (tertiary/aromatic N) is 2. The minimum atomic E-state index is 0.623. The van der Waals surface area contributed by atoms with Crippen LogP contribution < -0.4 is 5.32 Å². The fourth-order valence-corrected chi connectivity index (χ4v) is 3.19. The second-order valence-electron chi connectivity index (χ2n) is 6.17. The maximum atomic E-state index is 6.06. The van der Waals surface area contributed by atoms with E-state index >= 15 is 0 Å². The summed E-state index contributed by atoms with van der Waals surface area (Å²) in [5.41, 5.74) is 4.02. The zero-order valence-corrected chi connectivity index (χ0v) is 14.9. The number of furan rings is 1. The molecular weight excluding hydrogens is 358 g/mol. The largest absolute Gasteiger partial charge is 0.450 e. The maximum Gasteiger partial charge on any atom is 0.196 e. The van der Waals surface area contributed by atoms with Gasteiger partial charge in [-0.25, -0.2) is 9.97 Å². The van der Waals surface area contributed by atoms with E-state index in [1.807, 2.05) is 78.9 Å². The molecule has 1 N–H and O–H groups in total. The Morgan fingerprint density at radius 1 is 0.778 bits per heavy atom.